The van der Waals surface area contributed by atoms with Crippen molar-refractivity contribution in [2.75, 3.05) is 5.73 Å². The van der Waals surface area contributed by atoms with Crippen LogP contribution in [0.2, 0.25) is 0 Å². The highest BCUT2D eigenvalue weighted by atomic mass is 19.1. The van der Waals surface area contributed by atoms with Gasteiger partial charge in [0.25, 0.3) is 0 Å². The van der Waals surface area contributed by atoms with Crippen molar-refractivity contribution >= 4 is 23.4 Å². The third-order valence-corrected chi connectivity index (χ3v) is 3.48. The summed E-state index contributed by atoms with van der Waals surface area (Å²) in [4.78, 5) is 31.4. The highest BCUT2D eigenvalue weighted by Gasteiger charge is 1.98. The zero-order valence-corrected chi connectivity index (χ0v) is 15.8. The van der Waals surface area contributed by atoms with Crippen LogP contribution in [0, 0.1) is 5.82 Å². The molecule has 3 rings (SSSR count). The number of benzene rings is 3. The summed E-state index contributed by atoms with van der Waals surface area (Å²) < 4.78 is 12.2. The number of nitrogen functional groups attached to an aromatic ring is 1. The van der Waals surface area contributed by atoms with Crippen molar-refractivity contribution in [3.63, 3.8) is 0 Å². The Kier molecular flexibility index (Phi) is 9.02. The van der Waals surface area contributed by atoms with Crippen LogP contribution in [0.4, 0.5) is 10.1 Å². The van der Waals surface area contributed by atoms with Gasteiger partial charge in [0.2, 0.25) is 17.7 Å². The first-order valence-electron chi connectivity index (χ1n) is 8.39. The van der Waals surface area contributed by atoms with Crippen LogP contribution < -0.4 is 22.9 Å². The largest absolute Gasteiger partial charge is 0.508 e. The Bertz CT molecular complexity index is 857. The minimum atomic E-state index is -0.542. The van der Waals surface area contributed by atoms with Gasteiger partial charge in [0.1, 0.15) is 11.6 Å². The maximum Gasteiger partial charge on any atom is 0.248 e. The predicted octanol–water partition coefficient (Wildman–Crippen LogP) is 1.78. The van der Waals surface area contributed by atoms with Crippen LogP contribution in [0.1, 0.15) is 31.1 Å². The number of nitrogens with two attached hydrogens (primary N) is 4. The van der Waals surface area contributed by atoms with Gasteiger partial charge in [-0.2, -0.15) is 0 Å². The van der Waals surface area contributed by atoms with E-state index in [1.54, 1.807) is 24.3 Å². The summed E-state index contributed by atoms with van der Waals surface area (Å²) in [6, 6.07) is 17.3. The second-order valence-electron chi connectivity index (χ2n) is 5.77. The lowest BCUT2D eigenvalue weighted by Crippen LogP contribution is -2.10. The smallest absolute Gasteiger partial charge is 0.248 e. The minimum absolute atomic E-state index is 0.130. The molecule has 3 aromatic carbocycles. The molecule has 0 radical (unpaired) electrons. The highest BCUT2D eigenvalue weighted by Crippen LogP contribution is 2.08. The molecule has 0 aliphatic carbocycles. The molecule has 0 heterocycles. The second-order valence-corrected chi connectivity index (χ2v) is 5.77. The maximum atomic E-state index is 12.2. The Hall–Kier alpha value is -4.40. The zero-order valence-electron chi connectivity index (χ0n) is 15.8. The molecule has 3 amide bonds. The quantitative estimate of drug-likeness (QED) is 0.411. The Morgan fingerprint density at radius 3 is 1.23 bits per heavy atom. The van der Waals surface area contributed by atoms with Crippen molar-refractivity contribution < 1.29 is 23.9 Å². The summed E-state index contributed by atoms with van der Waals surface area (Å²) in [5, 5.41) is 8.79. The minimum Gasteiger partial charge on any atom is -0.508 e. The number of halogens is 1. The van der Waals surface area contributed by atoms with Crippen molar-refractivity contribution in [1.82, 2.24) is 0 Å². The van der Waals surface area contributed by atoms with Crippen molar-refractivity contribution in [2.45, 2.75) is 0 Å². The molecule has 8 nitrogen and oxygen atoms in total. The van der Waals surface area contributed by atoms with Gasteiger partial charge in [0.05, 0.1) is 0 Å². The molecule has 0 fully saturated rings. The summed E-state index contributed by atoms with van der Waals surface area (Å²) in [5.74, 6) is -1.70. The topological polar surface area (TPSA) is 176 Å². The fraction of sp³-hybridized carbons (Fsp3) is 0. The molecule has 0 saturated carbocycles. The Morgan fingerprint density at radius 1 is 0.600 bits per heavy atom. The van der Waals surface area contributed by atoms with Gasteiger partial charge in [-0.25, -0.2) is 4.39 Å². The number of carbonyl (C=O) groups excluding carboxylic acids is 3. The fourth-order valence-electron chi connectivity index (χ4n) is 1.89. The number of carbonyl (C=O) groups is 3. The number of anilines is 1. The average molecular weight is 412 g/mol. The monoisotopic (exact) mass is 412 g/mol. The number of primary amides is 3. The van der Waals surface area contributed by atoms with E-state index in [1.165, 1.54) is 48.5 Å². The van der Waals surface area contributed by atoms with Gasteiger partial charge in [-0.15, -0.1) is 0 Å². The molecule has 0 aliphatic rings. The first-order valence-corrected chi connectivity index (χ1v) is 8.39. The Balaban J connectivity index is 0.000000225. The van der Waals surface area contributed by atoms with E-state index < -0.39 is 17.7 Å². The molecule has 0 atom stereocenters. The van der Waals surface area contributed by atoms with E-state index in [4.69, 9.17) is 28.0 Å². The highest BCUT2D eigenvalue weighted by molar-refractivity contribution is 5.93. The van der Waals surface area contributed by atoms with E-state index in [0.29, 0.717) is 22.4 Å². The Labute approximate surface area is 171 Å². The van der Waals surface area contributed by atoms with E-state index in [9.17, 15) is 18.8 Å². The first kappa shape index (κ1) is 23.6. The zero-order chi connectivity index (χ0) is 22.7. The SMILES string of the molecule is NC(=O)c1ccc(F)cc1.NC(=O)c1ccc(N)cc1.NC(=O)c1ccc(O)cc1. The molecule has 30 heavy (non-hydrogen) atoms. The van der Waals surface area contributed by atoms with Gasteiger partial charge >= 0.3 is 0 Å². The molecule has 9 heteroatoms. The second kappa shape index (κ2) is 11.4. The number of phenolic OH excluding ortho intramolecular Hbond substituents is 1. The molecule has 0 aliphatic heterocycles. The standard InChI is InChI=1S/C7H6FNO.C7H8N2O.C7H7NO2/c2*8-6-3-1-5(2-4-6)7(9)10;8-7(10)5-1-3-6(9)4-2-5/h1-4H,(H2,9,10);1-4H,8H2,(H2,9,10);1-4,9H,(H2,8,10). The maximum absolute atomic E-state index is 12.2. The van der Waals surface area contributed by atoms with Gasteiger partial charge in [0, 0.05) is 22.4 Å². The van der Waals surface area contributed by atoms with Crippen molar-refractivity contribution in [3.8, 4) is 5.75 Å². The number of hydrogen-bond donors (Lipinski definition) is 5. The summed E-state index contributed by atoms with van der Waals surface area (Å²) in [7, 11) is 0. The van der Waals surface area contributed by atoms with Crippen LogP contribution in [-0.2, 0) is 0 Å². The molecular weight excluding hydrogens is 391 g/mol. The molecule has 0 aromatic heterocycles. The summed E-state index contributed by atoms with van der Waals surface area (Å²) in [5.41, 5.74) is 22.0. The van der Waals surface area contributed by atoms with Gasteiger partial charge in [0.15, 0.2) is 0 Å². The van der Waals surface area contributed by atoms with Crippen molar-refractivity contribution in [2.24, 2.45) is 17.2 Å². The van der Waals surface area contributed by atoms with Gasteiger partial charge in [-0.1, -0.05) is 0 Å². The van der Waals surface area contributed by atoms with Crippen LogP contribution >= 0.6 is 0 Å². The lowest BCUT2D eigenvalue weighted by atomic mass is 10.2. The lowest BCUT2D eigenvalue weighted by molar-refractivity contribution is 0.0992. The van der Waals surface area contributed by atoms with Crippen LogP contribution in [0.5, 0.6) is 5.75 Å². The van der Waals surface area contributed by atoms with E-state index in [2.05, 4.69) is 0 Å². The Morgan fingerprint density at radius 2 is 0.900 bits per heavy atom. The predicted molar refractivity (Wildman–Crippen MR) is 111 cm³/mol. The first-order chi connectivity index (χ1) is 14.1. The lowest BCUT2D eigenvalue weighted by Gasteiger charge is -1.93. The number of rotatable bonds is 3. The molecule has 0 saturated heterocycles. The number of phenols is 1. The molecular formula is C21H21FN4O4. The average Bonchev–Trinajstić information content (AvgIpc) is 2.70. The fourth-order valence-corrected chi connectivity index (χ4v) is 1.89. The third-order valence-electron chi connectivity index (χ3n) is 3.48. The van der Waals surface area contributed by atoms with Gasteiger partial charge in [-0.05, 0) is 72.8 Å². The molecule has 3 aromatic rings. The van der Waals surface area contributed by atoms with Gasteiger partial charge in [-0.3, -0.25) is 14.4 Å². The summed E-state index contributed by atoms with van der Waals surface area (Å²) >= 11 is 0. The summed E-state index contributed by atoms with van der Waals surface area (Å²) in [6.45, 7) is 0. The van der Waals surface area contributed by atoms with E-state index in [-0.39, 0.29) is 11.6 Å². The van der Waals surface area contributed by atoms with Crippen molar-refractivity contribution in [1.29, 1.82) is 0 Å². The van der Waals surface area contributed by atoms with E-state index in [1.807, 2.05) is 0 Å². The molecule has 9 N–H and O–H groups in total. The summed E-state index contributed by atoms with van der Waals surface area (Å²) in [6.07, 6.45) is 0. The number of amides is 3. The number of hydrogen-bond acceptors (Lipinski definition) is 5. The molecule has 0 bridgehead atoms. The molecule has 156 valence electrons. The van der Waals surface area contributed by atoms with Crippen LogP contribution in [0.15, 0.2) is 72.8 Å². The van der Waals surface area contributed by atoms with Crippen LogP contribution in [0.25, 0.3) is 0 Å². The van der Waals surface area contributed by atoms with E-state index >= 15 is 0 Å². The normalized spacial score (nSPS) is 9.23. The van der Waals surface area contributed by atoms with E-state index in [0.717, 1.165) is 0 Å². The van der Waals surface area contributed by atoms with Crippen LogP contribution in [-0.4, -0.2) is 22.8 Å². The third kappa shape index (κ3) is 8.53. The van der Waals surface area contributed by atoms with Crippen molar-refractivity contribution in [3.05, 3.63) is 95.3 Å². The molecule has 0 spiro atoms. The number of aromatic hydroxyl groups is 1. The van der Waals surface area contributed by atoms with Crippen LogP contribution in [0.3, 0.4) is 0 Å². The molecule has 0 unspecified atom stereocenters. The van der Waals surface area contributed by atoms with Gasteiger partial charge < -0.3 is 28.0 Å².